The van der Waals surface area contributed by atoms with E-state index in [2.05, 4.69) is 31.2 Å². The third-order valence-corrected chi connectivity index (χ3v) is 6.60. The van der Waals surface area contributed by atoms with Crippen LogP contribution < -0.4 is 0 Å². The van der Waals surface area contributed by atoms with Crippen molar-refractivity contribution in [1.29, 1.82) is 0 Å². The van der Waals surface area contributed by atoms with Gasteiger partial charge in [0.15, 0.2) is 0 Å². The lowest BCUT2D eigenvalue weighted by molar-refractivity contribution is 0.176. The monoisotopic (exact) mass is 318 g/mol. The fraction of sp³-hybridized carbons (Fsp3) is 0.333. The molecule has 1 N–H and O–H groups in total. The van der Waals surface area contributed by atoms with Crippen LogP contribution in [-0.2, 0) is 0 Å². The Morgan fingerprint density at radius 2 is 1.33 bits per heavy atom. The molecule has 0 aliphatic heterocycles. The maximum atomic E-state index is 10.5. The van der Waals surface area contributed by atoms with Crippen molar-refractivity contribution in [2.45, 2.75) is 46.7 Å². The van der Waals surface area contributed by atoms with E-state index in [0.717, 1.165) is 12.8 Å². The summed E-state index contributed by atoms with van der Waals surface area (Å²) in [5.41, 5.74) is 0. The van der Waals surface area contributed by atoms with Gasteiger partial charge in [0.2, 0.25) is 0 Å². The first-order chi connectivity index (χ1) is 10.2. The topological polar surface area (TPSA) is 20.2 Å². The predicted molar refractivity (Wildman–Crippen MR) is 93.9 cm³/mol. The smallest absolute Gasteiger partial charge is 0.0959 e. The molecule has 0 heterocycles. The SMILES string of the molecule is CCCC(Sc1ccccc1)(Sc1ccccc1)C(C)O. The van der Waals surface area contributed by atoms with Crippen LogP contribution in [0.5, 0.6) is 0 Å². The van der Waals surface area contributed by atoms with E-state index in [1.807, 2.05) is 43.3 Å². The zero-order valence-electron chi connectivity index (χ0n) is 12.5. The number of thioether (sulfide) groups is 2. The third kappa shape index (κ3) is 4.53. The van der Waals surface area contributed by atoms with Crippen molar-refractivity contribution in [3.05, 3.63) is 60.7 Å². The lowest BCUT2D eigenvalue weighted by Gasteiger charge is -2.35. The van der Waals surface area contributed by atoms with Crippen LogP contribution in [0.2, 0.25) is 0 Å². The molecule has 0 saturated carbocycles. The Kier molecular flexibility index (Phi) is 6.22. The Morgan fingerprint density at radius 3 is 1.67 bits per heavy atom. The minimum absolute atomic E-state index is 0.253. The molecule has 1 nitrogen and oxygen atoms in total. The highest BCUT2D eigenvalue weighted by atomic mass is 32.2. The molecule has 1 unspecified atom stereocenters. The molecule has 0 spiro atoms. The molecule has 0 saturated heterocycles. The van der Waals surface area contributed by atoms with E-state index < -0.39 is 6.10 Å². The quantitative estimate of drug-likeness (QED) is 0.541. The summed E-state index contributed by atoms with van der Waals surface area (Å²) in [5.74, 6) is 0. The Morgan fingerprint density at radius 1 is 0.905 bits per heavy atom. The van der Waals surface area contributed by atoms with E-state index in [0.29, 0.717) is 0 Å². The van der Waals surface area contributed by atoms with Crippen molar-refractivity contribution >= 4 is 23.5 Å². The minimum atomic E-state index is -0.395. The number of benzene rings is 2. The van der Waals surface area contributed by atoms with Crippen molar-refractivity contribution < 1.29 is 5.11 Å². The van der Waals surface area contributed by atoms with Crippen molar-refractivity contribution in [3.63, 3.8) is 0 Å². The number of aliphatic hydroxyl groups is 1. The van der Waals surface area contributed by atoms with Crippen LogP contribution in [0.25, 0.3) is 0 Å². The second-order valence-electron chi connectivity index (χ2n) is 5.07. The van der Waals surface area contributed by atoms with Crippen LogP contribution in [0.15, 0.2) is 70.5 Å². The maximum absolute atomic E-state index is 10.5. The second-order valence-corrected chi connectivity index (χ2v) is 8.13. The van der Waals surface area contributed by atoms with Crippen LogP contribution in [0, 0.1) is 0 Å². The lowest BCUT2D eigenvalue weighted by atomic mass is 10.1. The predicted octanol–water partition coefficient (Wildman–Crippen LogP) is 5.45. The van der Waals surface area contributed by atoms with Crippen LogP contribution in [0.4, 0.5) is 0 Å². The van der Waals surface area contributed by atoms with Gasteiger partial charge in [-0.05, 0) is 37.6 Å². The molecular weight excluding hydrogens is 296 g/mol. The van der Waals surface area contributed by atoms with Crippen molar-refractivity contribution in [2.75, 3.05) is 0 Å². The molecule has 112 valence electrons. The zero-order chi connectivity index (χ0) is 15.1. The van der Waals surface area contributed by atoms with E-state index in [1.165, 1.54) is 9.79 Å². The summed E-state index contributed by atoms with van der Waals surface area (Å²) in [6.45, 7) is 4.08. The number of hydrogen-bond donors (Lipinski definition) is 1. The van der Waals surface area contributed by atoms with E-state index in [-0.39, 0.29) is 4.08 Å². The van der Waals surface area contributed by atoms with Crippen molar-refractivity contribution in [1.82, 2.24) is 0 Å². The van der Waals surface area contributed by atoms with Gasteiger partial charge in [0.1, 0.15) is 0 Å². The summed E-state index contributed by atoms with van der Waals surface area (Å²) in [5, 5.41) is 10.5. The lowest BCUT2D eigenvalue weighted by Crippen LogP contribution is -2.33. The van der Waals surface area contributed by atoms with Gasteiger partial charge in [-0.1, -0.05) is 49.7 Å². The molecule has 3 heteroatoms. The first kappa shape index (κ1) is 16.5. The summed E-state index contributed by atoms with van der Waals surface area (Å²) in [6, 6.07) is 20.7. The first-order valence-electron chi connectivity index (χ1n) is 7.32. The Balaban J connectivity index is 2.28. The van der Waals surface area contributed by atoms with Crippen LogP contribution in [-0.4, -0.2) is 15.3 Å². The first-order valence-corrected chi connectivity index (χ1v) is 8.96. The molecule has 2 aromatic carbocycles. The van der Waals surface area contributed by atoms with Gasteiger partial charge in [0.25, 0.3) is 0 Å². The summed E-state index contributed by atoms with van der Waals surface area (Å²) < 4.78 is -0.253. The van der Waals surface area contributed by atoms with Gasteiger partial charge in [-0.3, -0.25) is 0 Å². The van der Waals surface area contributed by atoms with Crippen molar-refractivity contribution in [3.8, 4) is 0 Å². The summed E-state index contributed by atoms with van der Waals surface area (Å²) >= 11 is 3.55. The molecule has 0 amide bonds. The highest BCUT2D eigenvalue weighted by molar-refractivity contribution is 8.18. The average Bonchev–Trinajstić information content (AvgIpc) is 2.49. The Bertz CT molecular complexity index is 484. The molecule has 21 heavy (non-hydrogen) atoms. The Hall–Kier alpha value is -0.900. The summed E-state index contributed by atoms with van der Waals surface area (Å²) in [4.78, 5) is 2.41. The normalized spacial score (nSPS) is 13.1. The van der Waals surface area contributed by atoms with Crippen LogP contribution in [0.3, 0.4) is 0 Å². The minimum Gasteiger partial charge on any atom is -0.391 e. The molecule has 0 aliphatic rings. The second kappa shape index (κ2) is 7.92. The van der Waals surface area contributed by atoms with Gasteiger partial charge in [0, 0.05) is 9.79 Å². The standard InChI is InChI=1S/C18H22OS2/c1-3-14-18(15(2)19,20-16-10-6-4-7-11-16)21-17-12-8-5-9-13-17/h4-13,15,19H,3,14H2,1-2H3. The van der Waals surface area contributed by atoms with Gasteiger partial charge in [-0.15, -0.1) is 23.5 Å². The fourth-order valence-electron chi connectivity index (χ4n) is 2.23. The average molecular weight is 319 g/mol. The van der Waals surface area contributed by atoms with Crippen molar-refractivity contribution in [2.24, 2.45) is 0 Å². The molecule has 1 atom stereocenters. The van der Waals surface area contributed by atoms with Gasteiger partial charge < -0.3 is 5.11 Å². The highest BCUT2D eigenvalue weighted by Gasteiger charge is 2.37. The van der Waals surface area contributed by atoms with Gasteiger partial charge in [0.05, 0.1) is 10.2 Å². The number of hydrogen-bond acceptors (Lipinski definition) is 3. The molecular formula is C18H22OS2. The molecule has 2 aromatic rings. The van der Waals surface area contributed by atoms with Gasteiger partial charge in [-0.25, -0.2) is 0 Å². The van der Waals surface area contributed by atoms with Crippen LogP contribution in [0.1, 0.15) is 26.7 Å². The van der Waals surface area contributed by atoms with Crippen LogP contribution >= 0.6 is 23.5 Å². The third-order valence-electron chi connectivity index (χ3n) is 3.30. The molecule has 0 fully saturated rings. The number of aliphatic hydroxyl groups excluding tert-OH is 1. The number of rotatable bonds is 7. The van der Waals surface area contributed by atoms with E-state index >= 15 is 0 Å². The van der Waals surface area contributed by atoms with E-state index in [1.54, 1.807) is 23.5 Å². The maximum Gasteiger partial charge on any atom is 0.0959 e. The molecule has 0 aliphatic carbocycles. The largest absolute Gasteiger partial charge is 0.391 e. The molecule has 2 rings (SSSR count). The summed E-state index contributed by atoms with van der Waals surface area (Å²) in [6.07, 6.45) is 1.61. The summed E-state index contributed by atoms with van der Waals surface area (Å²) in [7, 11) is 0. The van der Waals surface area contributed by atoms with E-state index in [4.69, 9.17) is 0 Å². The zero-order valence-corrected chi connectivity index (χ0v) is 14.2. The molecule has 0 bridgehead atoms. The van der Waals surface area contributed by atoms with E-state index in [9.17, 15) is 5.11 Å². The molecule has 0 radical (unpaired) electrons. The van der Waals surface area contributed by atoms with Gasteiger partial charge >= 0.3 is 0 Å². The highest BCUT2D eigenvalue weighted by Crippen LogP contribution is 2.50. The molecule has 0 aromatic heterocycles. The van der Waals surface area contributed by atoms with Gasteiger partial charge in [-0.2, -0.15) is 0 Å². The fourth-order valence-corrected chi connectivity index (χ4v) is 5.31. The Labute approximate surface area is 136 Å².